The summed E-state index contributed by atoms with van der Waals surface area (Å²) in [6.45, 7) is 1.46. The molecule has 0 radical (unpaired) electrons. The number of carbonyl (C=O) groups is 4. The molecule has 1 saturated heterocycles. The average molecular weight is 272 g/mol. The fourth-order valence-electron chi connectivity index (χ4n) is 1.55. The number of carboxylic acids is 1. The fourth-order valence-corrected chi connectivity index (χ4v) is 1.55. The molecular weight excluding hydrogens is 256 g/mol. The number of urea groups is 1. The SMILES string of the molecule is CC1C(=O)NCCN1C(=O)NCC(=O)NCC(=O)O. The Balaban J connectivity index is 2.36. The first-order valence-corrected chi connectivity index (χ1v) is 5.72. The monoisotopic (exact) mass is 272 g/mol. The third kappa shape index (κ3) is 4.45. The third-order valence-corrected chi connectivity index (χ3v) is 2.60. The van der Waals surface area contributed by atoms with Gasteiger partial charge >= 0.3 is 12.0 Å². The lowest BCUT2D eigenvalue weighted by Gasteiger charge is -2.32. The fraction of sp³-hybridized carbons (Fsp3) is 0.600. The lowest BCUT2D eigenvalue weighted by Crippen LogP contribution is -2.58. The van der Waals surface area contributed by atoms with Gasteiger partial charge in [0.15, 0.2) is 0 Å². The molecule has 1 atom stereocenters. The number of rotatable bonds is 4. The average Bonchev–Trinajstić information content (AvgIpc) is 2.36. The van der Waals surface area contributed by atoms with Gasteiger partial charge in [-0.15, -0.1) is 0 Å². The van der Waals surface area contributed by atoms with Crippen LogP contribution in [0.3, 0.4) is 0 Å². The maximum absolute atomic E-state index is 11.7. The van der Waals surface area contributed by atoms with Crippen LogP contribution in [0.1, 0.15) is 6.92 Å². The maximum Gasteiger partial charge on any atom is 0.322 e. The quantitative estimate of drug-likeness (QED) is 0.458. The van der Waals surface area contributed by atoms with Crippen LogP contribution in [0.4, 0.5) is 4.79 Å². The van der Waals surface area contributed by atoms with Crippen molar-refractivity contribution < 1.29 is 24.3 Å². The normalized spacial score (nSPS) is 18.5. The predicted molar refractivity (Wildman–Crippen MR) is 63.2 cm³/mol. The second kappa shape index (κ2) is 6.57. The molecule has 1 fully saturated rings. The lowest BCUT2D eigenvalue weighted by atomic mass is 10.2. The molecule has 1 aliphatic rings. The van der Waals surface area contributed by atoms with E-state index in [4.69, 9.17) is 5.11 Å². The van der Waals surface area contributed by atoms with Crippen LogP contribution in [-0.2, 0) is 14.4 Å². The van der Waals surface area contributed by atoms with Crippen molar-refractivity contribution in [1.82, 2.24) is 20.9 Å². The van der Waals surface area contributed by atoms with Crippen molar-refractivity contribution in [2.45, 2.75) is 13.0 Å². The third-order valence-electron chi connectivity index (χ3n) is 2.60. The standard InChI is InChI=1S/C10H16N4O5/c1-6-9(18)11-2-3-14(6)10(19)13-4-7(15)12-5-8(16)17/h6H,2-5H2,1H3,(H,11,18)(H,12,15)(H,13,19)(H,16,17). The second-order valence-electron chi connectivity index (χ2n) is 3.99. The van der Waals surface area contributed by atoms with E-state index in [2.05, 4.69) is 16.0 Å². The first-order valence-electron chi connectivity index (χ1n) is 5.72. The van der Waals surface area contributed by atoms with Crippen molar-refractivity contribution in [3.05, 3.63) is 0 Å². The summed E-state index contributed by atoms with van der Waals surface area (Å²) in [6, 6.07) is -1.14. The van der Waals surface area contributed by atoms with E-state index < -0.39 is 30.5 Å². The molecule has 9 heteroatoms. The van der Waals surface area contributed by atoms with Crippen molar-refractivity contribution in [1.29, 1.82) is 0 Å². The molecule has 4 N–H and O–H groups in total. The summed E-state index contributed by atoms with van der Waals surface area (Å²) >= 11 is 0. The smallest absolute Gasteiger partial charge is 0.322 e. The Morgan fingerprint density at radius 1 is 1.37 bits per heavy atom. The van der Waals surface area contributed by atoms with Crippen molar-refractivity contribution in [2.24, 2.45) is 0 Å². The van der Waals surface area contributed by atoms with Gasteiger partial charge in [-0.2, -0.15) is 0 Å². The Bertz CT molecular complexity index is 397. The summed E-state index contributed by atoms with van der Waals surface area (Å²) in [5.74, 6) is -2.03. The molecule has 0 saturated carbocycles. The highest BCUT2D eigenvalue weighted by atomic mass is 16.4. The zero-order chi connectivity index (χ0) is 14.4. The van der Waals surface area contributed by atoms with Crippen LogP contribution in [0, 0.1) is 0 Å². The molecule has 0 bridgehead atoms. The molecule has 0 aromatic heterocycles. The van der Waals surface area contributed by atoms with E-state index in [0.29, 0.717) is 13.1 Å². The molecule has 0 aliphatic carbocycles. The molecule has 9 nitrogen and oxygen atoms in total. The van der Waals surface area contributed by atoms with Crippen LogP contribution in [0.5, 0.6) is 0 Å². The van der Waals surface area contributed by atoms with Gasteiger partial charge in [-0.25, -0.2) is 4.79 Å². The number of hydrogen-bond acceptors (Lipinski definition) is 4. The van der Waals surface area contributed by atoms with Crippen LogP contribution in [0.25, 0.3) is 0 Å². The van der Waals surface area contributed by atoms with Crippen molar-refractivity contribution in [3.8, 4) is 0 Å². The molecule has 1 aliphatic heterocycles. The Hall–Kier alpha value is -2.32. The molecule has 1 unspecified atom stereocenters. The van der Waals surface area contributed by atoms with E-state index in [1.807, 2.05) is 0 Å². The van der Waals surface area contributed by atoms with Gasteiger partial charge in [0.05, 0.1) is 6.54 Å². The van der Waals surface area contributed by atoms with Crippen LogP contribution >= 0.6 is 0 Å². The Kier molecular flexibility index (Phi) is 5.10. The van der Waals surface area contributed by atoms with Gasteiger partial charge in [0.25, 0.3) is 0 Å². The zero-order valence-corrected chi connectivity index (χ0v) is 10.4. The van der Waals surface area contributed by atoms with Crippen LogP contribution in [-0.4, -0.2) is 66.0 Å². The summed E-state index contributed by atoms with van der Waals surface area (Å²) < 4.78 is 0. The molecule has 0 spiro atoms. The summed E-state index contributed by atoms with van der Waals surface area (Å²) in [5, 5.41) is 15.4. The maximum atomic E-state index is 11.7. The number of nitrogens with zero attached hydrogens (tertiary/aromatic N) is 1. The van der Waals surface area contributed by atoms with E-state index in [9.17, 15) is 19.2 Å². The van der Waals surface area contributed by atoms with Gasteiger partial charge in [-0.1, -0.05) is 0 Å². The van der Waals surface area contributed by atoms with E-state index in [1.165, 1.54) is 4.90 Å². The van der Waals surface area contributed by atoms with Gasteiger partial charge in [0.1, 0.15) is 12.6 Å². The minimum absolute atomic E-state index is 0.253. The second-order valence-corrected chi connectivity index (χ2v) is 3.99. The molecule has 4 amide bonds. The van der Waals surface area contributed by atoms with E-state index >= 15 is 0 Å². The molecule has 1 rings (SSSR count). The number of carboxylic acid groups (broad SMARTS) is 1. The largest absolute Gasteiger partial charge is 0.480 e. The highest BCUT2D eigenvalue weighted by molar-refractivity contribution is 5.90. The molecular formula is C10H16N4O5. The number of hydrogen-bond donors (Lipinski definition) is 4. The van der Waals surface area contributed by atoms with Gasteiger partial charge in [0, 0.05) is 13.1 Å². The minimum Gasteiger partial charge on any atom is -0.480 e. The number of nitrogens with one attached hydrogen (secondary N) is 3. The van der Waals surface area contributed by atoms with Crippen LogP contribution in [0.15, 0.2) is 0 Å². The summed E-state index contributed by atoms with van der Waals surface area (Å²) in [5.41, 5.74) is 0. The van der Waals surface area contributed by atoms with Gasteiger partial charge in [0.2, 0.25) is 11.8 Å². The molecule has 0 aromatic rings. The van der Waals surface area contributed by atoms with Crippen LogP contribution in [0.2, 0.25) is 0 Å². The number of amides is 4. The van der Waals surface area contributed by atoms with Crippen molar-refractivity contribution >= 4 is 23.8 Å². The summed E-state index contributed by atoms with van der Waals surface area (Å²) in [6.07, 6.45) is 0. The van der Waals surface area contributed by atoms with E-state index in [1.54, 1.807) is 6.92 Å². The van der Waals surface area contributed by atoms with E-state index in [-0.39, 0.29) is 12.5 Å². The molecule has 1 heterocycles. The minimum atomic E-state index is -1.17. The highest BCUT2D eigenvalue weighted by Gasteiger charge is 2.29. The molecule has 0 aromatic carbocycles. The molecule has 19 heavy (non-hydrogen) atoms. The van der Waals surface area contributed by atoms with Gasteiger partial charge < -0.3 is 26.0 Å². The summed E-state index contributed by atoms with van der Waals surface area (Å²) in [7, 11) is 0. The Morgan fingerprint density at radius 3 is 2.68 bits per heavy atom. The van der Waals surface area contributed by atoms with Gasteiger partial charge in [-0.05, 0) is 6.92 Å². The van der Waals surface area contributed by atoms with E-state index in [0.717, 1.165) is 0 Å². The Morgan fingerprint density at radius 2 is 2.05 bits per heavy atom. The topological polar surface area (TPSA) is 128 Å². The lowest BCUT2D eigenvalue weighted by molar-refractivity contribution is -0.137. The van der Waals surface area contributed by atoms with Crippen LogP contribution < -0.4 is 16.0 Å². The first-order chi connectivity index (χ1) is 8.91. The van der Waals surface area contributed by atoms with Gasteiger partial charge in [-0.3, -0.25) is 14.4 Å². The van der Waals surface area contributed by atoms with Crippen molar-refractivity contribution in [3.63, 3.8) is 0 Å². The number of carbonyl (C=O) groups excluding carboxylic acids is 3. The first kappa shape index (κ1) is 14.7. The summed E-state index contributed by atoms with van der Waals surface area (Å²) in [4.78, 5) is 45.8. The number of aliphatic carboxylic acids is 1. The predicted octanol–water partition coefficient (Wildman–Crippen LogP) is -2.28. The van der Waals surface area contributed by atoms with Crippen molar-refractivity contribution in [2.75, 3.05) is 26.2 Å². The number of piperazine rings is 1. The highest BCUT2D eigenvalue weighted by Crippen LogP contribution is 2.03. The molecule has 106 valence electrons. The Labute approximate surface area is 109 Å². The zero-order valence-electron chi connectivity index (χ0n) is 10.4.